The Kier molecular flexibility index (Phi) is 11.1. The number of pyridine rings is 1. The lowest BCUT2D eigenvalue weighted by atomic mass is 10.0. The van der Waals surface area contributed by atoms with Gasteiger partial charge in [0.2, 0.25) is 0 Å². The van der Waals surface area contributed by atoms with Crippen LogP contribution in [0.4, 0.5) is 0 Å². The van der Waals surface area contributed by atoms with Crippen molar-refractivity contribution in [3.05, 3.63) is 29.0 Å². The Labute approximate surface area is 137 Å². The number of carbonyl (C=O) groups is 1. The summed E-state index contributed by atoms with van der Waals surface area (Å²) >= 11 is 5.94. The predicted octanol–water partition coefficient (Wildman–Crippen LogP) is 3.02. The lowest BCUT2D eigenvalue weighted by Crippen LogP contribution is -2.34. The van der Waals surface area contributed by atoms with Gasteiger partial charge >= 0.3 is 0 Å². The van der Waals surface area contributed by atoms with Gasteiger partial charge in [-0.15, -0.1) is 24.8 Å². The number of nitrogens with zero attached hydrogens (tertiary/aromatic N) is 2. The van der Waals surface area contributed by atoms with E-state index in [0.29, 0.717) is 23.0 Å². The van der Waals surface area contributed by atoms with Gasteiger partial charge in [0.25, 0.3) is 5.91 Å². The summed E-state index contributed by atoms with van der Waals surface area (Å²) in [5.41, 5.74) is 6.44. The monoisotopic (exact) mass is 341 g/mol. The fourth-order valence-electron chi connectivity index (χ4n) is 1.53. The van der Waals surface area contributed by atoms with Crippen LogP contribution in [0.3, 0.4) is 0 Å². The predicted molar refractivity (Wildman–Crippen MR) is 88.1 cm³/mol. The summed E-state index contributed by atoms with van der Waals surface area (Å²) in [6.45, 7) is 4.77. The Morgan fingerprint density at radius 2 is 2.05 bits per heavy atom. The molecule has 7 heteroatoms. The van der Waals surface area contributed by atoms with E-state index in [4.69, 9.17) is 17.3 Å². The highest BCUT2D eigenvalue weighted by Gasteiger charge is 2.16. The van der Waals surface area contributed by atoms with Gasteiger partial charge in [0.1, 0.15) is 0 Å². The first-order valence-electron chi connectivity index (χ1n) is 6.04. The first-order chi connectivity index (χ1) is 8.43. The molecule has 0 spiro atoms. The highest BCUT2D eigenvalue weighted by molar-refractivity contribution is 6.33. The van der Waals surface area contributed by atoms with Crippen molar-refractivity contribution in [2.45, 2.75) is 26.3 Å². The molecule has 0 bridgehead atoms. The fourth-order valence-corrected chi connectivity index (χ4v) is 1.73. The molecule has 1 rings (SSSR count). The molecule has 1 aromatic rings. The normalized spacial score (nSPS) is 11.3. The quantitative estimate of drug-likeness (QED) is 0.894. The molecule has 0 aliphatic heterocycles. The second kappa shape index (κ2) is 10.2. The van der Waals surface area contributed by atoms with Crippen LogP contribution >= 0.6 is 36.4 Å². The third kappa shape index (κ3) is 6.27. The molecule has 1 unspecified atom stereocenters. The van der Waals surface area contributed by atoms with E-state index in [1.807, 2.05) is 0 Å². The van der Waals surface area contributed by atoms with E-state index >= 15 is 0 Å². The summed E-state index contributed by atoms with van der Waals surface area (Å²) in [4.78, 5) is 17.6. The highest BCUT2D eigenvalue weighted by atomic mass is 35.5. The van der Waals surface area contributed by atoms with Gasteiger partial charge < -0.3 is 10.6 Å². The van der Waals surface area contributed by atoms with Crippen molar-refractivity contribution in [3.8, 4) is 0 Å². The van der Waals surface area contributed by atoms with Crippen LogP contribution in [-0.4, -0.2) is 35.4 Å². The van der Waals surface area contributed by atoms with Crippen LogP contribution in [-0.2, 0) is 0 Å². The summed E-state index contributed by atoms with van der Waals surface area (Å²) in [5.74, 6) is 0.316. The van der Waals surface area contributed by atoms with E-state index in [1.54, 1.807) is 24.2 Å². The van der Waals surface area contributed by atoms with E-state index in [2.05, 4.69) is 18.8 Å². The van der Waals surface area contributed by atoms with E-state index in [-0.39, 0.29) is 36.8 Å². The fraction of sp³-hybridized carbons (Fsp3) is 0.538. The minimum absolute atomic E-state index is 0. The Hall–Kier alpha value is -0.550. The summed E-state index contributed by atoms with van der Waals surface area (Å²) in [5, 5.41) is 0.377. The smallest absolute Gasteiger partial charge is 0.255 e. The Bertz CT molecular complexity index is 416. The van der Waals surface area contributed by atoms with Crippen molar-refractivity contribution >= 4 is 42.3 Å². The molecule has 0 aliphatic carbocycles. The third-order valence-corrected chi connectivity index (χ3v) is 3.30. The minimum Gasteiger partial charge on any atom is -0.342 e. The second-order valence-corrected chi connectivity index (χ2v) is 5.19. The molecule has 20 heavy (non-hydrogen) atoms. The minimum atomic E-state index is -0.0987. The number of hydrogen-bond donors (Lipinski definition) is 1. The van der Waals surface area contributed by atoms with Crippen molar-refractivity contribution in [2.24, 2.45) is 11.7 Å². The SMILES string of the molecule is CC(C)C(N)CCN(C)C(=O)c1ccncc1Cl.Cl.Cl. The molecule has 0 aliphatic rings. The molecule has 1 amide bonds. The van der Waals surface area contributed by atoms with Gasteiger partial charge in [-0.3, -0.25) is 9.78 Å². The van der Waals surface area contributed by atoms with Crippen LogP contribution in [0.15, 0.2) is 18.5 Å². The van der Waals surface area contributed by atoms with Crippen molar-refractivity contribution in [1.29, 1.82) is 0 Å². The number of hydrogen-bond acceptors (Lipinski definition) is 3. The van der Waals surface area contributed by atoms with Gasteiger partial charge in [-0.25, -0.2) is 0 Å². The van der Waals surface area contributed by atoms with Crippen molar-refractivity contribution in [2.75, 3.05) is 13.6 Å². The first-order valence-corrected chi connectivity index (χ1v) is 6.41. The maximum absolute atomic E-state index is 12.1. The van der Waals surface area contributed by atoms with E-state index in [1.165, 1.54) is 6.20 Å². The highest BCUT2D eigenvalue weighted by Crippen LogP contribution is 2.15. The molecular weight excluding hydrogens is 321 g/mol. The van der Waals surface area contributed by atoms with Crippen LogP contribution in [0.5, 0.6) is 0 Å². The number of carbonyl (C=O) groups excluding carboxylic acids is 1. The van der Waals surface area contributed by atoms with Gasteiger partial charge in [-0.2, -0.15) is 0 Å². The standard InChI is InChI=1S/C13H20ClN3O.2ClH/c1-9(2)12(15)5-7-17(3)13(18)10-4-6-16-8-11(10)14;;/h4,6,8-9,12H,5,7,15H2,1-3H3;2*1H. The topological polar surface area (TPSA) is 59.2 Å². The van der Waals surface area contributed by atoms with Gasteiger partial charge in [0.05, 0.1) is 10.6 Å². The van der Waals surface area contributed by atoms with Gasteiger partial charge in [-0.1, -0.05) is 25.4 Å². The number of nitrogens with two attached hydrogens (primary N) is 1. The van der Waals surface area contributed by atoms with E-state index in [0.717, 1.165) is 6.42 Å². The van der Waals surface area contributed by atoms with Crippen LogP contribution in [0.25, 0.3) is 0 Å². The Morgan fingerprint density at radius 1 is 1.45 bits per heavy atom. The van der Waals surface area contributed by atoms with Crippen molar-refractivity contribution in [3.63, 3.8) is 0 Å². The number of halogens is 3. The van der Waals surface area contributed by atoms with Crippen molar-refractivity contribution in [1.82, 2.24) is 9.88 Å². The van der Waals surface area contributed by atoms with Crippen LogP contribution < -0.4 is 5.73 Å². The average Bonchev–Trinajstić information content (AvgIpc) is 2.35. The molecule has 0 radical (unpaired) electrons. The lowest BCUT2D eigenvalue weighted by molar-refractivity contribution is 0.0789. The van der Waals surface area contributed by atoms with Crippen molar-refractivity contribution < 1.29 is 4.79 Å². The molecule has 0 fully saturated rings. The molecule has 2 N–H and O–H groups in total. The second-order valence-electron chi connectivity index (χ2n) is 4.78. The zero-order chi connectivity index (χ0) is 13.7. The van der Waals surface area contributed by atoms with E-state index in [9.17, 15) is 4.79 Å². The molecule has 0 saturated carbocycles. The summed E-state index contributed by atoms with van der Waals surface area (Å²) in [6, 6.07) is 1.73. The van der Waals surface area contributed by atoms with Gasteiger partial charge in [-0.05, 0) is 18.4 Å². The number of rotatable bonds is 5. The molecule has 1 heterocycles. The molecule has 1 aromatic heterocycles. The van der Waals surface area contributed by atoms with Crippen LogP contribution in [0.1, 0.15) is 30.6 Å². The Balaban J connectivity index is 0. The molecule has 1 atom stereocenters. The average molecular weight is 343 g/mol. The molecule has 116 valence electrons. The lowest BCUT2D eigenvalue weighted by Gasteiger charge is -2.21. The summed E-state index contributed by atoms with van der Waals surface area (Å²) < 4.78 is 0. The largest absolute Gasteiger partial charge is 0.342 e. The maximum atomic E-state index is 12.1. The summed E-state index contributed by atoms with van der Waals surface area (Å²) in [6.07, 6.45) is 3.82. The maximum Gasteiger partial charge on any atom is 0.255 e. The number of amides is 1. The summed E-state index contributed by atoms with van der Waals surface area (Å²) in [7, 11) is 1.76. The molecule has 0 aromatic carbocycles. The third-order valence-electron chi connectivity index (χ3n) is 3.00. The van der Waals surface area contributed by atoms with Crippen LogP contribution in [0, 0.1) is 5.92 Å². The Morgan fingerprint density at radius 3 is 2.55 bits per heavy atom. The van der Waals surface area contributed by atoms with Gasteiger partial charge in [0.15, 0.2) is 0 Å². The molecule has 0 saturated heterocycles. The zero-order valence-electron chi connectivity index (χ0n) is 11.9. The zero-order valence-corrected chi connectivity index (χ0v) is 14.3. The van der Waals surface area contributed by atoms with Crippen LogP contribution in [0.2, 0.25) is 5.02 Å². The number of aromatic nitrogens is 1. The first kappa shape index (κ1) is 21.7. The van der Waals surface area contributed by atoms with Gasteiger partial charge in [0, 0.05) is 32.0 Å². The molecule has 4 nitrogen and oxygen atoms in total. The van der Waals surface area contributed by atoms with E-state index < -0.39 is 0 Å². The molecular formula is C13H22Cl3N3O.